The number of carboxylic acids is 2. The van der Waals surface area contributed by atoms with Crippen molar-refractivity contribution in [3.63, 3.8) is 0 Å². The lowest BCUT2D eigenvalue weighted by Crippen LogP contribution is -2.04. The summed E-state index contributed by atoms with van der Waals surface area (Å²) in [7, 11) is 0. The molecule has 0 radical (unpaired) electrons. The zero-order valence-corrected chi connectivity index (χ0v) is 33.7. The van der Waals surface area contributed by atoms with Gasteiger partial charge in [-0.25, -0.2) is 36.3 Å². The molecule has 60 heavy (non-hydrogen) atoms. The highest BCUT2D eigenvalue weighted by Crippen LogP contribution is 2.33. The third-order valence-electron chi connectivity index (χ3n) is 8.65. The van der Waals surface area contributed by atoms with Crippen molar-refractivity contribution < 1.29 is 46.1 Å². The Labute approximate surface area is 357 Å². The fraction of sp³-hybridized carbons (Fsp3) is 0.0952. The Morgan fingerprint density at radius 1 is 0.533 bits per heavy atom. The van der Waals surface area contributed by atoms with Gasteiger partial charge in [-0.2, -0.15) is 0 Å². The molecule has 0 unspecified atom stereocenters. The van der Waals surface area contributed by atoms with Crippen LogP contribution in [0.25, 0.3) is 42.9 Å². The molecule has 2 N–H and O–H groups in total. The molecule has 0 saturated heterocycles. The molecule has 8 aromatic rings. The Morgan fingerprint density at radius 3 is 1.25 bits per heavy atom. The van der Waals surface area contributed by atoms with Crippen molar-refractivity contribution in [2.45, 2.75) is 25.7 Å². The predicted molar refractivity (Wildman–Crippen MR) is 221 cm³/mol. The van der Waals surface area contributed by atoms with Gasteiger partial charge in [-0.05, 0) is 22.3 Å². The molecule has 0 aliphatic carbocycles. The molecule has 0 saturated carbocycles. The minimum Gasteiger partial charge on any atom is -0.481 e. The van der Waals surface area contributed by atoms with E-state index in [1.807, 2.05) is 60.7 Å². The molecule has 18 heteroatoms. The molecule has 4 aromatic heterocycles. The van der Waals surface area contributed by atoms with Crippen LogP contribution in [-0.4, -0.2) is 42.1 Å². The van der Waals surface area contributed by atoms with Crippen LogP contribution in [0, 0.1) is 34.9 Å². The number of hydrogen-bond acceptors (Lipinski definition) is 8. The largest absolute Gasteiger partial charge is 0.481 e. The molecule has 4 aromatic carbocycles. The Morgan fingerprint density at radius 2 is 0.900 bits per heavy atom. The molecule has 8 rings (SSSR count). The highest BCUT2D eigenvalue weighted by molar-refractivity contribution is 7.19. The monoisotopic (exact) mass is 900 g/mol. The summed E-state index contributed by atoms with van der Waals surface area (Å²) in [6.07, 6.45) is 3.09. The van der Waals surface area contributed by atoms with Gasteiger partial charge in [0, 0.05) is 48.5 Å². The van der Waals surface area contributed by atoms with Crippen LogP contribution in [0.1, 0.15) is 32.3 Å². The number of aliphatic carboxylic acids is 2. The molecular weight excluding hydrogens is 874 g/mol. The Kier molecular flexibility index (Phi) is 14.6. The van der Waals surface area contributed by atoms with Crippen molar-refractivity contribution in [1.82, 2.24) is 19.9 Å². The van der Waals surface area contributed by atoms with E-state index in [9.17, 15) is 46.1 Å². The van der Waals surface area contributed by atoms with Crippen LogP contribution in [0.5, 0.6) is 0 Å². The molecule has 0 bridgehead atoms. The van der Waals surface area contributed by atoms with Gasteiger partial charge in [0.2, 0.25) is 0 Å². The summed E-state index contributed by atoms with van der Waals surface area (Å²) in [5.41, 5.74) is 4.31. The van der Waals surface area contributed by atoms with E-state index in [1.54, 1.807) is 24.5 Å². The number of pyridine rings is 2. The summed E-state index contributed by atoms with van der Waals surface area (Å²) in [4.78, 5) is 39.4. The maximum atomic E-state index is 13.9. The lowest BCUT2D eigenvalue weighted by molar-refractivity contribution is -0.137. The van der Waals surface area contributed by atoms with Crippen molar-refractivity contribution >= 4 is 79.9 Å². The Bertz CT molecular complexity index is 2660. The molecule has 0 aliphatic rings. The van der Waals surface area contributed by atoms with Crippen LogP contribution < -0.4 is 0 Å². The average Bonchev–Trinajstić information content (AvgIpc) is 3.83. The normalized spacial score (nSPS) is 10.8. The van der Waals surface area contributed by atoms with Gasteiger partial charge in [-0.1, -0.05) is 72.8 Å². The molecule has 0 spiro atoms. The third-order valence-corrected chi connectivity index (χ3v) is 10.8. The first-order valence-electron chi connectivity index (χ1n) is 17.2. The van der Waals surface area contributed by atoms with Crippen LogP contribution in [0.2, 0.25) is 0 Å². The van der Waals surface area contributed by atoms with Gasteiger partial charge in [0.15, 0.2) is 23.3 Å². The molecular formula is C42H28Cl2F6N4O4S2. The second-order valence-corrected chi connectivity index (χ2v) is 15.0. The summed E-state index contributed by atoms with van der Waals surface area (Å²) in [6.45, 7) is 0. The number of aromatic nitrogens is 4. The van der Waals surface area contributed by atoms with E-state index in [1.165, 1.54) is 0 Å². The van der Waals surface area contributed by atoms with Crippen molar-refractivity contribution in [2.75, 3.05) is 0 Å². The standard InChI is InChI=1S/2C21H13F3N2O2S.2ClH/c2*22-14-9-15(23)21-20(18(14)24)26-16(29-21)7-11-6-13(8-17(27)28)19(25-10-11)12-4-2-1-3-5-12;;/h2*1-6,9-10H,7-8H2,(H,27,28);2*1H. The van der Waals surface area contributed by atoms with E-state index >= 15 is 0 Å². The van der Waals surface area contributed by atoms with Gasteiger partial charge in [0.25, 0.3) is 0 Å². The predicted octanol–water partition coefficient (Wildman–Crippen LogP) is 10.8. The third kappa shape index (κ3) is 10.1. The highest BCUT2D eigenvalue weighted by atomic mass is 35.5. The molecule has 0 aliphatic heterocycles. The van der Waals surface area contributed by atoms with Gasteiger partial charge >= 0.3 is 11.9 Å². The van der Waals surface area contributed by atoms with E-state index in [2.05, 4.69) is 19.9 Å². The SMILES string of the molecule is Cl.Cl.O=C(O)Cc1cc(Cc2nc3c(F)c(F)cc(F)c3s2)cnc1-c1ccccc1.O=C(O)Cc1cc(Cc2nc3c(F)c(F)cc(F)c3s2)cnc1-c1ccccc1. The first-order chi connectivity index (χ1) is 27.8. The number of fused-ring (bicyclic) bond motifs is 2. The van der Waals surface area contributed by atoms with E-state index in [-0.39, 0.29) is 70.9 Å². The fourth-order valence-corrected chi connectivity index (χ4v) is 8.18. The van der Waals surface area contributed by atoms with E-state index in [4.69, 9.17) is 0 Å². The van der Waals surface area contributed by atoms with Crippen molar-refractivity contribution in [3.8, 4) is 22.5 Å². The fourth-order valence-electron chi connectivity index (χ4n) is 6.18. The summed E-state index contributed by atoms with van der Waals surface area (Å²) < 4.78 is 82.3. The topological polar surface area (TPSA) is 126 Å². The smallest absolute Gasteiger partial charge is 0.307 e. The van der Waals surface area contributed by atoms with Crippen LogP contribution in [0.15, 0.2) is 97.3 Å². The zero-order valence-electron chi connectivity index (χ0n) is 30.5. The van der Waals surface area contributed by atoms with Crippen LogP contribution in [-0.2, 0) is 35.3 Å². The van der Waals surface area contributed by atoms with Gasteiger partial charge in [0.1, 0.15) is 22.7 Å². The first-order valence-corrected chi connectivity index (χ1v) is 18.8. The number of hydrogen-bond donors (Lipinski definition) is 2. The molecule has 308 valence electrons. The first kappa shape index (κ1) is 45.1. The Hall–Kier alpha value is -5.94. The average molecular weight is 902 g/mol. The summed E-state index contributed by atoms with van der Waals surface area (Å²) in [5.74, 6) is -8.69. The summed E-state index contributed by atoms with van der Waals surface area (Å²) >= 11 is 1.85. The van der Waals surface area contributed by atoms with Crippen LogP contribution in [0.3, 0.4) is 0 Å². The zero-order chi connectivity index (χ0) is 41.1. The lowest BCUT2D eigenvalue weighted by Gasteiger charge is -2.09. The molecule has 4 heterocycles. The van der Waals surface area contributed by atoms with Crippen molar-refractivity contribution in [2.24, 2.45) is 0 Å². The van der Waals surface area contributed by atoms with Crippen molar-refractivity contribution in [1.29, 1.82) is 0 Å². The minimum absolute atomic E-state index is 0. The van der Waals surface area contributed by atoms with E-state index in [0.29, 0.717) is 55.8 Å². The van der Waals surface area contributed by atoms with Gasteiger partial charge in [0.05, 0.1) is 43.6 Å². The second-order valence-electron chi connectivity index (χ2n) is 12.8. The van der Waals surface area contributed by atoms with Crippen LogP contribution in [0.4, 0.5) is 26.3 Å². The molecule has 8 nitrogen and oxygen atoms in total. The number of halogens is 8. The van der Waals surface area contributed by atoms with E-state index < -0.39 is 46.8 Å². The minimum atomic E-state index is -1.29. The number of carboxylic acid groups (broad SMARTS) is 2. The molecule has 0 amide bonds. The van der Waals surface area contributed by atoms with Crippen LogP contribution >= 0.6 is 47.5 Å². The maximum Gasteiger partial charge on any atom is 0.307 e. The number of benzene rings is 4. The Balaban J connectivity index is 0.000000220. The van der Waals surface area contributed by atoms with Gasteiger partial charge in [-0.15, -0.1) is 47.5 Å². The van der Waals surface area contributed by atoms with Crippen molar-refractivity contribution in [3.05, 3.63) is 164 Å². The molecule has 0 fully saturated rings. The number of carbonyl (C=O) groups is 2. The second kappa shape index (κ2) is 19.4. The maximum absolute atomic E-state index is 13.9. The number of nitrogens with zero attached hydrogens (tertiary/aromatic N) is 4. The highest BCUT2D eigenvalue weighted by Gasteiger charge is 2.20. The number of rotatable bonds is 10. The van der Waals surface area contributed by atoms with E-state index in [0.717, 1.165) is 33.8 Å². The summed E-state index contributed by atoms with van der Waals surface area (Å²) in [6, 6.07) is 22.8. The van der Waals surface area contributed by atoms with Gasteiger partial charge < -0.3 is 10.2 Å². The van der Waals surface area contributed by atoms with Gasteiger partial charge in [-0.3, -0.25) is 19.6 Å². The quantitative estimate of drug-likeness (QED) is 0.103. The summed E-state index contributed by atoms with van der Waals surface area (Å²) in [5, 5.41) is 19.2. The lowest BCUT2D eigenvalue weighted by atomic mass is 10.0. The molecule has 0 atom stereocenters. The number of thiazole rings is 2.